The summed E-state index contributed by atoms with van der Waals surface area (Å²) >= 11 is 0. The number of ether oxygens (including phenoxy) is 2. The molecule has 0 heterocycles. The zero-order valence-corrected chi connectivity index (χ0v) is 13.8. The van der Waals surface area contributed by atoms with Crippen LogP contribution >= 0.6 is 0 Å². The second kappa shape index (κ2) is 7.92. The SMILES string of the molecule is COc1cccc(CC(=O)N(C)Cc2ccccc2OC(F)(F)F)c1. The highest BCUT2D eigenvalue weighted by atomic mass is 19.4. The molecule has 0 atom stereocenters. The average Bonchev–Trinajstić information content (AvgIpc) is 2.55. The fourth-order valence-corrected chi connectivity index (χ4v) is 2.29. The molecule has 0 spiro atoms. The van der Waals surface area contributed by atoms with Crippen LogP contribution in [0.3, 0.4) is 0 Å². The molecule has 134 valence electrons. The largest absolute Gasteiger partial charge is 0.573 e. The summed E-state index contributed by atoms with van der Waals surface area (Å²) in [5.41, 5.74) is 1.04. The molecule has 0 saturated heterocycles. The van der Waals surface area contributed by atoms with Gasteiger partial charge in [0, 0.05) is 19.2 Å². The minimum Gasteiger partial charge on any atom is -0.497 e. The number of benzene rings is 2. The van der Waals surface area contributed by atoms with Gasteiger partial charge in [-0.2, -0.15) is 0 Å². The Hall–Kier alpha value is -2.70. The van der Waals surface area contributed by atoms with E-state index < -0.39 is 6.36 Å². The van der Waals surface area contributed by atoms with Crippen LogP contribution in [0.5, 0.6) is 11.5 Å². The Morgan fingerprint density at radius 2 is 1.84 bits per heavy atom. The van der Waals surface area contributed by atoms with Crippen molar-refractivity contribution >= 4 is 5.91 Å². The van der Waals surface area contributed by atoms with E-state index in [1.807, 2.05) is 0 Å². The van der Waals surface area contributed by atoms with Gasteiger partial charge in [-0.1, -0.05) is 30.3 Å². The normalized spacial score (nSPS) is 11.1. The van der Waals surface area contributed by atoms with Gasteiger partial charge in [-0.15, -0.1) is 13.2 Å². The van der Waals surface area contributed by atoms with Crippen LogP contribution < -0.4 is 9.47 Å². The zero-order chi connectivity index (χ0) is 18.4. The van der Waals surface area contributed by atoms with E-state index >= 15 is 0 Å². The third-order valence-corrected chi connectivity index (χ3v) is 3.52. The molecule has 2 aromatic carbocycles. The minimum atomic E-state index is -4.78. The first-order chi connectivity index (χ1) is 11.8. The molecular weight excluding hydrogens is 335 g/mol. The predicted octanol–water partition coefficient (Wildman–Crippen LogP) is 3.79. The lowest BCUT2D eigenvalue weighted by Crippen LogP contribution is -2.28. The van der Waals surface area contributed by atoms with E-state index in [2.05, 4.69) is 4.74 Å². The maximum Gasteiger partial charge on any atom is 0.573 e. The molecule has 0 saturated carbocycles. The molecule has 4 nitrogen and oxygen atoms in total. The van der Waals surface area contributed by atoms with E-state index in [1.165, 1.54) is 37.3 Å². The number of likely N-dealkylation sites (N-methyl/N-ethyl adjacent to an activating group) is 1. The van der Waals surface area contributed by atoms with Crippen molar-refractivity contribution in [2.24, 2.45) is 0 Å². The van der Waals surface area contributed by atoms with Crippen molar-refractivity contribution in [3.05, 3.63) is 59.7 Å². The molecule has 0 aliphatic heterocycles. The Morgan fingerprint density at radius 1 is 1.12 bits per heavy atom. The maximum atomic E-state index is 12.5. The lowest BCUT2D eigenvalue weighted by Gasteiger charge is -2.20. The van der Waals surface area contributed by atoms with E-state index in [-0.39, 0.29) is 30.2 Å². The summed E-state index contributed by atoms with van der Waals surface area (Å²) in [5, 5.41) is 0. The third-order valence-electron chi connectivity index (χ3n) is 3.52. The molecular formula is C18H18F3NO3. The predicted molar refractivity (Wildman–Crippen MR) is 86.3 cm³/mol. The van der Waals surface area contributed by atoms with Gasteiger partial charge in [0.1, 0.15) is 11.5 Å². The number of methoxy groups -OCH3 is 1. The molecule has 0 N–H and O–H groups in total. The van der Waals surface area contributed by atoms with E-state index in [0.717, 1.165) is 5.56 Å². The van der Waals surface area contributed by atoms with Crippen LogP contribution in [0.25, 0.3) is 0 Å². The van der Waals surface area contributed by atoms with Gasteiger partial charge in [0.05, 0.1) is 13.5 Å². The molecule has 2 rings (SSSR count). The van der Waals surface area contributed by atoms with Gasteiger partial charge in [0.2, 0.25) is 5.91 Å². The molecule has 0 aliphatic carbocycles. The van der Waals surface area contributed by atoms with E-state index in [1.54, 1.807) is 30.3 Å². The first-order valence-electron chi connectivity index (χ1n) is 7.49. The number of alkyl halides is 3. The number of carbonyl (C=O) groups excluding carboxylic acids is 1. The molecule has 7 heteroatoms. The van der Waals surface area contributed by atoms with Crippen molar-refractivity contribution in [1.29, 1.82) is 0 Å². The van der Waals surface area contributed by atoms with Crippen LogP contribution in [0.15, 0.2) is 48.5 Å². The summed E-state index contributed by atoms with van der Waals surface area (Å²) in [5.74, 6) is 0.1000. The van der Waals surface area contributed by atoms with Crippen molar-refractivity contribution in [2.45, 2.75) is 19.3 Å². The maximum absolute atomic E-state index is 12.5. The Kier molecular flexibility index (Phi) is 5.90. The molecule has 0 aliphatic rings. The summed E-state index contributed by atoms with van der Waals surface area (Å²) < 4.78 is 46.5. The molecule has 0 fully saturated rings. The third kappa shape index (κ3) is 5.70. The highest BCUT2D eigenvalue weighted by molar-refractivity contribution is 5.78. The van der Waals surface area contributed by atoms with E-state index in [4.69, 9.17) is 4.74 Å². The summed E-state index contributed by atoms with van der Waals surface area (Å²) in [7, 11) is 3.07. The Bertz CT molecular complexity index is 732. The number of nitrogens with zero attached hydrogens (tertiary/aromatic N) is 1. The number of para-hydroxylation sites is 1. The summed E-state index contributed by atoms with van der Waals surface area (Å²) in [6.07, 6.45) is -4.66. The molecule has 1 amide bonds. The fourth-order valence-electron chi connectivity index (χ4n) is 2.29. The topological polar surface area (TPSA) is 38.8 Å². The van der Waals surface area contributed by atoms with Gasteiger partial charge in [-0.05, 0) is 23.8 Å². The summed E-state index contributed by atoms with van der Waals surface area (Å²) in [6.45, 7) is 0.00898. The number of halogens is 3. The number of hydrogen-bond acceptors (Lipinski definition) is 3. The van der Waals surface area contributed by atoms with Gasteiger partial charge < -0.3 is 14.4 Å². The van der Waals surface area contributed by atoms with E-state index in [9.17, 15) is 18.0 Å². The zero-order valence-electron chi connectivity index (χ0n) is 13.8. The van der Waals surface area contributed by atoms with Crippen molar-refractivity contribution < 1.29 is 27.4 Å². The Morgan fingerprint density at radius 3 is 2.52 bits per heavy atom. The lowest BCUT2D eigenvalue weighted by atomic mass is 10.1. The number of rotatable bonds is 6. The highest BCUT2D eigenvalue weighted by Crippen LogP contribution is 2.27. The Balaban J connectivity index is 2.06. The van der Waals surface area contributed by atoms with Crippen molar-refractivity contribution in [3.63, 3.8) is 0 Å². The van der Waals surface area contributed by atoms with Crippen LogP contribution in [0.1, 0.15) is 11.1 Å². The second-order valence-corrected chi connectivity index (χ2v) is 5.43. The first-order valence-corrected chi connectivity index (χ1v) is 7.49. The van der Waals surface area contributed by atoms with Crippen LogP contribution in [0, 0.1) is 0 Å². The number of hydrogen-bond donors (Lipinski definition) is 0. The number of amides is 1. The van der Waals surface area contributed by atoms with Crippen LogP contribution in [-0.2, 0) is 17.8 Å². The monoisotopic (exact) mass is 353 g/mol. The first kappa shape index (κ1) is 18.6. The molecule has 25 heavy (non-hydrogen) atoms. The van der Waals surface area contributed by atoms with Gasteiger partial charge in [-0.25, -0.2) is 0 Å². The van der Waals surface area contributed by atoms with Gasteiger partial charge >= 0.3 is 6.36 Å². The number of carbonyl (C=O) groups is 1. The van der Waals surface area contributed by atoms with Gasteiger partial charge in [0.25, 0.3) is 0 Å². The summed E-state index contributed by atoms with van der Waals surface area (Å²) in [4.78, 5) is 13.7. The van der Waals surface area contributed by atoms with E-state index in [0.29, 0.717) is 5.75 Å². The molecule has 0 unspecified atom stereocenters. The van der Waals surface area contributed by atoms with Crippen molar-refractivity contribution in [2.75, 3.05) is 14.2 Å². The van der Waals surface area contributed by atoms with Crippen molar-refractivity contribution in [3.8, 4) is 11.5 Å². The van der Waals surface area contributed by atoms with Crippen LogP contribution in [0.4, 0.5) is 13.2 Å². The molecule has 0 radical (unpaired) electrons. The van der Waals surface area contributed by atoms with Crippen LogP contribution in [-0.4, -0.2) is 31.3 Å². The van der Waals surface area contributed by atoms with Gasteiger partial charge in [-0.3, -0.25) is 4.79 Å². The Labute approximate surface area is 143 Å². The van der Waals surface area contributed by atoms with Crippen molar-refractivity contribution in [1.82, 2.24) is 4.90 Å². The highest BCUT2D eigenvalue weighted by Gasteiger charge is 2.32. The smallest absolute Gasteiger partial charge is 0.497 e. The fraction of sp³-hybridized carbons (Fsp3) is 0.278. The quantitative estimate of drug-likeness (QED) is 0.793. The van der Waals surface area contributed by atoms with Crippen LogP contribution in [0.2, 0.25) is 0 Å². The second-order valence-electron chi connectivity index (χ2n) is 5.43. The lowest BCUT2D eigenvalue weighted by molar-refractivity contribution is -0.275. The molecule has 0 aromatic heterocycles. The summed E-state index contributed by atoms with van der Waals surface area (Å²) in [6, 6.07) is 12.8. The minimum absolute atomic E-state index is 0.00898. The molecule has 0 bridgehead atoms. The standard InChI is InChI=1S/C18H18F3NO3/c1-22(17(23)11-13-6-5-8-15(10-13)24-2)12-14-7-3-4-9-16(14)25-18(19,20)21/h3-10H,11-12H2,1-2H3. The molecule has 2 aromatic rings. The average molecular weight is 353 g/mol. The van der Waals surface area contributed by atoms with Gasteiger partial charge in [0.15, 0.2) is 0 Å².